The molecule has 92 valence electrons. The number of nitrogens with one attached hydrogen (secondary N) is 1. The summed E-state index contributed by atoms with van der Waals surface area (Å²) in [5, 5.41) is 3.76. The highest BCUT2D eigenvalue weighted by atomic mass is 15.0. The minimum Gasteiger partial charge on any atom is -0.329 e. The fourth-order valence-corrected chi connectivity index (χ4v) is 2.88. The van der Waals surface area contributed by atoms with Gasteiger partial charge in [0.15, 0.2) is 0 Å². The van der Waals surface area contributed by atoms with E-state index in [-0.39, 0.29) is 5.54 Å². The first-order valence-corrected chi connectivity index (χ1v) is 6.83. The molecule has 0 bridgehead atoms. The number of hydrogen-bond acceptors (Lipinski definition) is 2. The predicted octanol–water partition coefficient (Wildman–Crippen LogP) is 1.87. The van der Waals surface area contributed by atoms with Crippen LogP contribution in [0, 0.1) is 5.92 Å². The summed E-state index contributed by atoms with van der Waals surface area (Å²) in [6.45, 7) is 1.92. The normalized spacial score (nSPS) is 27.8. The first kappa shape index (κ1) is 11.2. The average molecular weight is 230 g/mol. The van der Waals surface area contributed by atoms with Crippen molar-refractivity contribution in [2.75, 3.05) is 13.1 Å². The van der Waals surface area contributed by atoms with E-state index in [1.54, 1.807) is 0 Å². The standard InChI is InChI=1S/C15H22N2/c16-11-15(17-10-12-5-6-12)8-7-13-3-1-2-4-14(13)9-15/h1-4,12,17H,5-11,16H2. The van der Waals surface area contributed by atoms with E-state index in [0.717, 1.165) is 18.9 Å². The molecule has 2 aliphatic rings. The zero-order chi connectivity index (χ0) is 11.7. The minimum atomic E-state index is 0.164. The van der Waals surface area contributed by atoms with Crippen LogP contribution >= 0.6 is 0 Å². The molecule has 1 unspecified atom stereocenters. The second kappa shape index (κ2) is 4.43. The molecule has 1 fully saturated rings. The SMILES string of the molecule is NCC1(NCC2CC2)CCc2ccccc2C1. The lowest BCUT2D eigenvalue weighted by Crippen LogP contribution is -2.55. The molecule has 0 amide bonds. The first-order chi connectivity index (χ1) is 8.31. The molecule has 0 aromatic heterocycles. The van der Waals surface area contributed by atoms with Crippen LogP contribution in [0.3, 0.4) is 0 Å². The second-order valence-electron chi connectivity index (χ2n) is 5.75. The molecule has 2 heteroatoms. The number of benzene rings is 1. The number of hydrogen-bond donors (Lipinski definition) is 2. The largest absolute Gasteiger partial charge is 0.329 e. The van der Waals surface area contributed by atoms with Gasteiger partial charge in [0.25, 0.3) is 0 Å². The Morgan fingerprint density at radius 3 is 2.71 bits per heavy atom. The van der Waals surface area contributed by atoms with Crippen LogP contribution in [0.1, 0.15) is 30.4 Å². The van der Waals surface area contributed by atoms with Gasteiger partial charge in [0.05, 0.1) is 0 Å². The monoisotopic (exact) mass is 230 g/mol. The minimum absolute atomic E-state index is 0.164. The van der Waals surface area contributed by atoms with Gasteiger partial charge in [-0.3, -0.25) is 0 Å². The first-order valence-electron chi connectivity index (χ1n) is 6.83. The third kappa shape index (κ3) is 2.38. The molecule has 17 heavy (non-hydrogen) atoms. The van der Waals surface area contributed by atoms with E-state index >= 15 is 0 Å². The summed E-state index contributed by atoms with van der Waals surface area (Å²) in [7, 11) is 0. The number of nitrogens with two attached hydrogens (primary N) is 1. The Kier molecular flexibility index (Phi) is 2.93. The molecule has 0 saturated heterocycles. The highest BCUT2D eigenvalue weighted by Crippen LogP contribution is 2.31. The second-order valence-corrected chi connectivity index (χ2v) is 5.75. The molecule has 3 rings (SSSR count). The van der Waals surface area contributed by atoms with Gasteiger partial charge in [-0.1, -0.05) is 24.3 Å². The zero-order valence-electron chi connectivity index (χ0n) is 10.4. The summed E-state index contributed by atoms with van der Waals surface area (Å²) >= 11 is 0. The summed E-state index contributed by atoms with van der Waals surface area (Å²) < 4.78 is 0. The van der Waals surface area contributed by atoms with Crippen LogP contribution in [0.4, 0.5) is 0 Å². The molecule has 1 aromatic rings. The van der Waals surface area contributed by atoms with Gasteiger partial charge < -0.3 is 11.1 Å². The Morgan fingerprint density at radius 1 is 1.24 bits per heavy atom. The number of fused-ring (bicyclic) bond motifs is 1. The Hall–Kier alpha value is -0.860. The Balaban J connectivity index is 1.73. The van der Waals surface area contributed by atoms with Gasteiger partial charge in [-0.15, -0.1) is 0 Å². The van der Waals surface area contributed by atoms with E-state index in [1.165, 1.54) is 43.4 Å². The third-order valence-corrected chi connectivity index (χ3v) is 4.37. The van der Waals surface area contributed by atoms with Crippen molar-refractivity contribution in [1.82, 2.24) is 5.32 Å². The van der Waals surface area contributed by atoms with Crippen molar-refractivity contribution < 1.29 is 0 Å². The predicted molar refractivity (Wildman–Crippen MR) is 71.0 cm³/mol. The van der Waals surface area contributed by atoms with Gasteiger partial charge in [0.1, 0.15) is 0 Å². The van der Waals surface area contributed by atoms with E-state index in [0.29, 0.717) is 0 Å². The molecule has 0 spiro atoms. The van der Waals surface area contributed by atoms with Gasteiger partial charge in [-0.25, -0.2) is 0 Å². The van der Waals surface area contributed by atoms with Crippen LogP contribution in [0.2, 0.25) is 0 Å². The molecule has 1 atom stereocenters. The topological polar surface area (TPSA) is 38.0 Å². The van der Waals surface area contributed by atoms with E-state index in [9.17, 15) is 0 Å². The van der Waals surface area contributed by atoms with E-state index in [2.05, 4.69) is 29.6 Å². The fourth-order valence-electron chi connectivity index (χ4n) is 2.88. The van der Waals surface area contributed by atoms with Gasteiger partial charge in [-0.2, -0.15) is 0 Å². The van der Waals surface area contributed by atoms with Crippen LogP contribution < -0.4 is 11.1 Å². The summed E-state index contributed by atoms with van der Waals surface area (Å²) in [4.78, 5) is 0. The van der Waals surface area contributed by atoms with Crippen molar-refractivity contribution in [2.45, 2.75) is 37.6 Å². The number of aryl methyl sites for hydroxylation is 1. The maximum Gasteiger partial charge on any atom is 0.0347 e. The maximum atomic E-state index is 6.04. The van der Waals surface area contributed by atoms with E-state index in [4.69, 9.17) is 5.73 Å². The van der Waals surface area contributed by atoms with Crippen molar-refractivity contribution in [3.63, 3.8) is 0 Å². The molecule has 0 aliphatic heterocycles. The summed E-state index contributed by atoms with van der Waals surface area (Å²) in [6, 6.07) is 8.81. The molecule has 3 N–H and O–H groups in total. The van der Waals surface area contributed by atoms with Crippen molar-refractivity contribution in [3.8, 4) is 0 Å². The van der Waals surface area contributed by atoms with Gasteiger partial charge in [0.2, 0.25) is 0 Å². The highest BCUT2D eigenvalue weighted by molar-refractivity contribution is 5.32. The fraction of sp³-hybridized carbons (Fsp3) is 0.600. The molecule has 0 heterocycles. The summed E-state index contributed by atoms with van der Waals surface area (Å²) in [5.74, 6) is 0.926. The van der Waals surface area contributed by atoms with Crippen LogP contribution in [-0.4, -0.2) is 18.6 Å². The molecular formula is C15H22N2. The Bertz CT molecular complexity index is 398. The van der Waals surface area contributed by atoms with Gasteiger partial charge in [-0.05, 0) is 55.7 Å². The van der Waals surface area contributed by atoms with Crippen LogP contribution in [-0.2, 0) is 12.8 Å². The molecule has 2 aliphatic carbocycles. The lowest BCUT2D eigenvalue weighted by Gasteiger charge is -2.38. The quantitative estimate of drug-likeness (QED) is 0.828. The lowest BCUT2D eigenvalue weighted by atomic mass is 9.78. The Labute approximate surface area is 104 Å². The van der Waals surface area contributed by atoms with Gasteiger partial charge in [0, 0.05) is 12.1 Å². The Morgan fingerprint density at radius 2 is 2.00 bits per heavy atom. The van der Waals surface area contributed by atoms with Crippen molar-refractivity contribution in [2.24, 2.45) is 11.7 Å². The summed E-state index contributed by atoms with van der Waals surface area (Å²) in [6.07, 6.45) is 6.28. The van der Waals surface area contributed by atoms with Gasteiger partial charge >= 0.3 is 0 Å². The smallest absolute Gasteiger partial charge is 0.0347 e. The van der Waals surface area contributed by atoms with Crippen LogP contribution in [0.5, 0.6) is 0 Å². The molecule has 0 radical (unpaired) electrons. The highest BCUT2D eigenvalue weighted by Gasteiger charge is 2.34. The molecule has 1 saturated carbocycles. The van der Waals surface area contributed by atoms with Crippen LogP contribution in [0.25, 0.3) is 0 Å². The lowest BCUT2D eigenvalue weighted by molar-refractivity contribution is 0.290. The van der Waals surface area contributed by atoms with Crippen molar-refractivity contribution >= 4 is 0 Å². The zero-order valence-corrected chi connectivity index (χ0v) is 10.4. The summed E-state index contributed by atoms with van der Waals surface area (Å²) in [5.41, 5.74) is 9.21. The maximum absolute atomic E-state index is 6.04. The van der Waals surface area contributed by atoms with E-state index < -0.39 is 0 Å². The average Bonchev–Trinajstić information content (AvgIpc) is 3.20. The third-order valence-electron chi connectivity index (χ3n) is 4.37. The van der Waals surface area contributed by atoms with Crippen molar-refractivity contribution in [3.05, 3.63) is 35.4 Å². The van der Waals surface area contributed by atoms with Crippen molar-refractivity contribution in [1.29, 1.82) is 0 Å². The van der Waals surface area contributed by atoms with E-state index in [1.807, 2.05) is 0 Å². The number of rotatable bonds is 4. The molecule has 1 aromatic carbocycles. The van der Waals surface area contributed by atoms with Crippen LogP contribution in [0.15, 0.2) is 24.3 Å². The molecule has 2 nitrogen and oxygen atoms in total. The molecular weight excluding hydrogens is 208 g/mol.